The first-order chi connectivity index (χ1) is 12.2. The SMILES string of the molecule is CCNC(=NCCCCOCCOC)N1CCN(C(=O)OCC)CC1. The topological polar surface area (TPSA) is 75.6 Å². The summed E-state index contributed by atoms with van der Waals surface area (Å²) in [6, 6.07) is 0. The van der Waals surface area contributed by atoms with Crippen molar-refractivity contribution >= 4 is 12.1 Å². The number of hydrogen-bond donors (Lipinski definition) is 1. The molecule has 0 atom stereocenters. The maximum absolute atomic E-state index is 11.8. The molecule has 8 heteroatoms. The zero-order valence-corrected chi connectivity index (χ0v) is 16.0. The van der Waals surface area contributed by atoms with Crippen LogP contribution in [0, 0.1) is 0 Å². The molecular formula is C17H34N4O4. The highest BCUT2D eigenvalue weighted by atomic mass is 16.6. The van der Waals surface area contributed by atoms with E-state index in [0.29, 0.717) is 32.9 Å². The van der Waals surface area contributed by atoms with Gasteiger partial charge < -0.3 is 29.3 Å². The second-order valence-corrected chi connectivity index (χ2v) is 5.72. The second kappa shape index (κ2) is 13.7. The van der Waals surface area contributed by atoms with Gasteiger partial charge in [0.1, 0.15) is 0 Å². The number of nitrogens with zero attached hydrogens (tertiary/aromatic N) is 3. The Morgan fingerprint density at radius 3 is 2.40 bits per heavy atom. The monoisotopic (exact) mass is 358 g/mol. The van der Waals surface area contributed by atoms with Gasteiger partial charge in [-0.1, -0.05) is 0 Å². The predicted octanol–water partition coefficient (Wildman–Crippen LogP) is 1.17. The van der Waals surface area contributed by atoms with Crippen LogP contribution < -0.4 is 5.32 Å². The third-order valence-electron chi connectivity index (χ3n) is 3.83. The summed E-state index contributed by atoms with van der Waals surface area (Å²) in [4.78, 5) is 20.4. The van der Waals surface area contributed by atoms with Gasteiger partial charge in [-0.25, -0.2) is 4.79 Å². The number of rotatable bonds is 10. The standard InChI is InChI=1S/C17H34N4O4/c1-4-18-16(19-8-6-7-13-24-15-14-23-3)20-9-11-21(12-10-20)17(22)25-5-2/h4-15H2,1-3H3,(H,18,19). The van der Waals surface area contributed by atoms with E-state index >= 15 is 0 Å². The highest BCUT2D eigenvalue weighted by Gasteiger charge is 2.23. The Hall–Kier alpha value is -1.54. The number of hydrogen-bond acceptors (Lipinski definition) is 5. The summed E-state index contributed by atoms with van der Waals surface area (Å²) < 4.78 is 15.4. The van der Waals surface area contributed by atoms with Crippen molar-refractivity contribution in [2.75, 3.05) is 72.8 Å². The number of ether oxygens (including phenoxy) is 3. The molecular weight excluding hydrogens is 324 g/mol. The minimum atomic E-state index is -0.224. The molecule has 0 aromatic heterocycles. The molecule has 1 fully saturated rings. The van der Waals surface area contributed by atoms with E-state index in [4.69, 9.17) is 19.2 Å². The molecule has 8 nitrogen and oxygen atoms in total. The van der Waals surface area contributed by atoms with Crippen LogP contribution in [0.2, 0.25) is 0 Å². The molecule has 0 spiro atoms. The first-order valence-corrected chi connectivity index (χ1v) is 9.24. The zero-order chi connectivity index (χ0) is 18.3. The number of nitrogens with one attached hydrogen (secondary N) is 1. The van der Waals surface area contributed by atoms with Crippen molar-refractivity contribution in [1.29, 1.82) is 0 Å². The maximum Gasteiger partial charge on any atom is 0.409 e. The van der Waals surface area contributed by atoms with Crippen molar-refractivity contribution in [3.05, 3.63) is 0 Å². The number of unbranched alkanes of at least 4 members (excludes halogenated alkanes) is 1. The van der Waals surface area contributed by atoms with Gasteiger partial charge in [-0.15, -0.1) is 0 Å². The molecule has 1 N–H and O–H groups in total. The highest BCUT2D eigenvalue weighted by molar-refractivity contribution is 5.80. The number of aliphatic imine (C=N–C) groups is 1. The minimum Gasteiger partial charge on any atom is -0.450 e. The number of piperazine rings is 1. The van der Waals surface area contributed by atoms with Crippen molar-refractivity contribution in [3.8, 4) is 0 Å². The quantitative estimate of drug-likeness (QED) is 0.359. The summed E-state index contributed by atoms with van der Waals surface area (Å²) in [7, 11) is 1.67. The molecule has 0 aliphatic carbocycles. The molecule has 0 bridgehead atoms. The predicted molar refractivity (Wildman–Crippen MR) is 98.1 cm³/mol. The van der Waals surface area contributed by atoms with Gasteiger partial charge in [0.2, 0.25) is 0 Å². The third kappa shape index (κ3) is 8.92. The fourth-order valence-electron chi connectivity index (χ4n) is 2.49. The van der Waals surface area contributed by atoms with Gasteiger partial charge in [-0.3, -0.25) is 4.99 Å². The van der Waals surface area contributed by atoms with Crippen molar-refractivity contribution in [1.82, 2.24) is 15.1 Å². The summed E-state index contributed by atoms with van der Waals surface area (Å²) in [5.41, 5.74) is 0. The number of carbonyl (C=O) groups excluding carboxylic acids is 1. The van der Waals surface area contributed by atoms with Crippen LogP contribution in [-0.2, 0) is 14.2 Å². The molecule has 0 saturated carbocycles. The highest BCUT2D eigenvalue weighted by Crippen LogP contribution is 2.05. The van der Waals surface area contributed by atoms with Gasteiger partial charge in [0.15, 0.2) is 5.96 Å². The molecule has 146 valence electrons. The van der Waals surface area contributed by atoms with E-state index in [1.807, 2.05) is 6.92 Å². The molecule has 1 aliphatic heterocycles. The average Bonchev–Trinajstić information content (AvgIpc) is 2.63. The molecule has 0 unspecified atom stereocenters. The lowest BCUT2D eigenvalue weighted by Gasteiger charge is -2.35. The Kier molecular flexibility index (Phi) is 11.8. The average molecular weight is 358 g/mol. The summed E-state index contributed by atoms with van der Waals surface area (Å²) in [5.74, 6) is 0.923. The van der Waals surface area contributed by atoms with E-state index in [2.05, 4.69) is 17.1 Å². The molecule has 1 aliphatic rings. The second-order valence-electron chi connectivity index (χ2n) is 5.72. The van der Waals surface area contributed by atoms with Crippen molar-refractivity contribution < 1.29 is 19.0 Å². The first kappa shape index (κ1) is 21.5. The van der Waals surface area contributed by atoms with Crippen molar-refractivity contribution in [2.24, 2.45) is 4.99 Å². The van der Waals surface area contributed by atoms with Gasteiger partial charge in [-0.05, 0) is 26.7 Å². The van der Waals surface area contributed by atoms with Gasteiger partial charge >= 0.3 is 6.09 Å². The van der Waals surface area contributed by atoms with Crippen LogP contribution in [-0.4, -0.2) is 94.7 Å². The molecule has 1 saturated heterocycles. The third-order valence-corrected chi connectivity index (χ3v) is 3.83. The Morgan fingerprint density at radius 2 is 1.76 bits per heavy atom. The Labute approximate surface area is 151 Å². The van der Waals surface area contributed by atoms with Crippen LogP contribution in [0.4, 0.5) is 4.79 Å². The molecule has 1 rings (SSSR count). The smallest absolute Gasteiger partial charge is 0.409 e. The van der Waals surface area contributed by atoms with Gasteiger partial charge in [-0.2, -0.15) is 0 Å². The maximum atomic E-state index is 11.8. The van der Waals surface area contributed by atoms with Crippen LogP contribution in [0.25, 0.3) is 0 Å². The van der Waals surface area contributed by atoms with E-state index in [0.717, 1.165) is 51.6 Å². The van der Waals surface area contributed by atoms with Gasteiger partial charge in [0.25, 0.3) is 0 Å². The number of carbonyl (C=O) groups is 1. The number of guanidine groups is 1. The summed E-state index contributed by atoms with van der Waals surface area (Å²) in [6.07, 6.45) is 1.76. The lowest BCUT2D eigenvalue weighted by atomic mass is 10.3. The normalized spacial score (nSPS) is 15.4. The lowest BCUT2D eigenvalue weighted by Crippen LogP contribution is -2.53. The number of methoxy groups -OCH3 is 1. The number of amides is 1. The molecule has 1 amide bonds. The van der Waals surface area contributed by atoms with Crippen molar-refractivity contribution in [3.63, 3.8) is 0 Å². The van der Waals surface area contributed by atoms with E-state index < -0.39 is 0 Å². The van der Waals surface area contributed by atoms with E-state index in [1.54, 1.807) is 12.0 Å². The first-order valence-electron chi connectivity index (χ1n) is 9.24. The largest absolute Gasteiger partial charge is 0.450 e. The van der Waals surface area contributed by atoms with Crippen LogP contribution in [0.5, 0.6) is 0 Å². The minimum absolute atomic E-state index is 0.224. The summed E-state index contributed by atoms with van der Waals surface area (Å²) >= 11 is 0. The molecule has 0 aromatic rings. The van der Waals surface area contributed by atoms with E-state index in [1.165, 1.54) is 0 Å². The zero-order valence-electron chi connectivity index (χ0n) is 16.0. The fraction of sp³-hybridized carbons (Fsp3) is 0.882. The summed E-state index contributed by atoms with van der Waals surface area (Å²) in [5, 5.41) is 3.33. The van der Waals surface area contributed by atoms with Crippen molar-refractivity contribution in [2.45, 2.75) is 26.7 Å². The Balaban J connectivity index is 2.30. The molecule has 25 heavy (non-hydrogen) atoms. The molecule has 0 aromatic carbocycles. The van der Waals surface area contributed by atoms with E-state index in [-0.39, 0.29) is 6.09 Å². The molecule has 0 radical (unpaired) electrons. The van der Waals surface area contributed by atoms with Crippen LogP contribution >= 0.6 is 0 Å². The van der Waals surface area contributed by atoms with E-state index in [9.17, 15) is 4.79 Å². The Bertz CT molecular complexity index is 385. The van der Waals surface area contributed by atoms with Gasteiger partial charge in [0, 0.05) is 53.0 Å². The van der Waals surface area contributed by atoms with Crippen LogP contribution in [0.3, 0.4) is 0 Å². The summed E-state index contributed by atoms with van der Waals surface area (Å²) in [6.45, 7) is 10.8. The fourth-order valence-corrected chi connectivity index (χ4v) is 2.49. The van der Waals surface area contributed by atoms with Gasteiger partial charge in [0.05, 0.1) is 19.8 Å². The van der Waals surface area contributed by atoms with Crippen LogP contribution in [0.15, 0.2) is 4.99 Å². The molecule has 1 heterocycles. The lowest BCUT2D eigenvalue weighted by molar-refractivity contribution is 0.0690. The Morgan fingerprint density at radius 1 is 1.04 bits per heavy atom. The van der Waals surface area contributed by atoms with Crippen LogP contribution in [0.1, 0.15) is 26.7 Å².